The number of hydrogen-bond donors (Lipinski definition) is 0. The van der Waals surface area contributed by atoms with Crippen molar-refractivity contribution in [3.8, 4) is 0 Å². The van der Waals surface area contributed by atoms with Gasteiger partial charge in [0.05, 0.1) is 17.3 Å². The van der Waals surface area contributed by atoms with Crippen LogP contribution in [0.15, 0.2) is 34.9 Å². The van der Waals surface area contributed by atoms with E-state index in [2.05, 4.69) is 69.0 Å². The predicted octanol–water partition coefficient (Wildman–Crippen LogP) is 4.69. The molecule has 4 rings (SSSR count). The van der Waals surface area contributed by atoms with Gasteiger partial charge in [0.15, 0.2) is 0 Å². The standard InChI is InChI=1S/C19H21BrN4/c1-12-18(13(2)23(3)22-12)17-8-5-11-24(17)16-9-10-21-19-14(16)6-4-7-15(19)20/h4,6-7,9-10,17H,5,8,11H2,1-3H3. The summed E-state index contributed by atoms with van der Waals surface area (Å²) in [6.07, 6.45) is 4.29. The van der Waals surface area contributed by atoms with Gasteiger partial charge >= 0.3 is 0 Å². The number of hydrogen-bond acceptors (Lipinski definition) is 3. The minimum absolute atomic E-state index is 0.392. The molecule has 0 spiro atoms. The van der Waals surface area contributed by atoms with Crippen LogP contribution in [0.4, 0.5) is 5.69 Å². The number of anilines is 1. The van der Waals surface area contributed by atoms with Crippen molar-refractivity contribution in [1.82, 2.24) is 14.8 Å². The number of pyridine rings is 1. The minimum atomic E-state index is 0.392. The summed E-state index contributed by atoms with van der Waals surface area (Å²) in [5.74, 6) is 0. The van der Waals surface area contributed by atoms with E-state index in [-0.39, 0.29) is 0 Å². The second-order valence-corrected chi connectivity index (χ2v) is 7.38. The molecule has 0 radical (unpaired) electrons. The zero-order valence-corrected chi connectivity index (χ0v) is 15.8. The molecule has 1 aliphatic rings. The van der Waals surface area contributed by atoms with Gasteiger partial charge in [0.1, 0.15) is 0 Å². The van der Waals surface area contributed by atoms with Crippen LogP contribution >= 0.6 is 15.9 Å². The molecule has 2 aromatic heterocycles. The summed E-state index contributed by atoms with van der Waals surface area (Å²) in [7, 11) is 2.03. The first-order valence-corrected chi connectivity index (χ1v) is 9.17. The van der Waals surface area contributed by atoms with E-state index >= 15 is 0 Å². The summed E-state index contributed by atoms with van der Waals surface area (Å²) in [6.45, 7) is 5.37. The van der Waals surface area contributed by atoms with Crippen molar-refractivity contribution in [3.63, 3.8) is 0 Å². The number of benzene rings is 1. The Morgan fingerprint density at radius 1 is 1.21 bits per heavy atom. The molecule has 0 bridgehead atoms. The van der Waals surface area contributed by atoms with E-state index in [1.165, 1.54) is 35.2 Å². The minimum Gasteiger partial charge on any atom is -0.364 e. The summed E-state index contributed by atoms with van der Waals surface area (Å²) in [6, 6.07) is 8.84. The number of rotatable bonds is 2. The van der Waals surface area contributed by atoms with Crippen molar-refractivity contribution in [3.05, 3.63) is 51.9 Å². The topological polar surface area (TPSA) is 34.0 Å². The normalized spacial score (nSPS) is 17.8. The maximum atomic E-state index is 4.63. The molecule has 0 saturated carbocycles. The first-order valence-electron chi connectivity index (χ1n) is 8.38. The van der Waals surface area contributed by atoms with E-state index in [0.717, 1.165) is 22.2 Å². The smallest absolute Gasteiger partial charge is 0.0864 e. The van der Waals surface area contributed by atoms with Crippen LogP contribution in [-0.2, 0) is 7.05 Å². The van der Waals surface area contributed by atoms with Gasteiger partial charge < -0.3 is 4.90 Å². The van der Waals surface area contributed by atoms with Crippen LogP contribution in [0.3, 0.4) is 0 Å². The van der Waals surface area contributed by atoms with E-state index in [4.69, 9.17) is 0 Å². The van der Waals surface area contributed by atoms with E-state index < -0.39 is 0 Å². The lowest BCUT2D eigenvalue weighted by atomic mass is 10.0. The summed E-state index contributed by atoms with van der Waals surface area (Å²) in [5.41, 5.74) is 6.09. The molecule has 3 aromatic rings. The molecule has 1 fully saturated rings. The molecule has 0 N–H and O–H groups in total. The molecule has 5 heteroatoms. The number of para-hydroxylation sites is 1. The molecule has 0 amide bonds. The molecule has 3 heterocycles. The van der Waals surface area contributed by atoms with Crippen LogP contribution in [0.2, 0.25) is 0 Å². The van der Waals surface area contributed by atoms with Crippen molar-refractivity contribution < 1.29 is 0 Å². The average Bonchev–Trinajstić information content (AvgIpc) is 3.12. The highest BCUT2D eigenvalue weighted by atomic mass is 79.9. The third-order valence-electron chi connectivity index (χ3n) is 5.16. The maximum Gasteiger partial charge on any atom is 0.0864 e. The Kier molecular flexibility index (Phi) is 3.83. The second kappa shape index (κ2) is 5.88. The van der Waals surface area contributed by atoms with Crippen LogP contribution < -0.4 is 4.90 Å². The summed E-state index contributed by atoms with van der Waals surface area (Å²) in [4.78, 5) is 7.09. The van der Waals surface area contributed by atoms with E-state index in [0.29, 0.717) is 6.04 Å². The Bertz CT molecular complexity index is 915. The predicted molar refractivity (Wildman–Crippen MR) is 101 cm³/mol. The highest BCUT2D eigenvalue weighted by Gasteiger charge is 2.31. The van der Waals surface area contributed by atoms with Gasteiger partial charge in [0.2, 0.25) is 0 Å². The average molecular weight is 385 g/mol. The summed E-state index contributed by atoms with van der Waals surface area (Å²) in [5, 5.41) is 5.84. The Labute approximate surface area is 150 Å². The van der Waals surface area contributed by atoms with Gasteiger partial charge in [-0.05, 0) is 54.8 Å². The molecule has 1 aliphatic heterocycles. The van der Waals surface area contributed by atoms with Gasteiger partial charge in [-0.15, -0.1) is 0 Å². The third kappa shape index (κ3) is 2.34. The zero-order valence-electron chi connectivity index (χ0n) is 14.3. The lowest BCUT2D eigenvalue weighted by Crippen LogP contribution is -2.23. The first-order chi connectivity index (χ1) is 11.6. The molecule has 1 aromatic carbocycles. The molecule has 124 valence electrons. The zero-order chi connectivity index (χ0) is 16.8. The molecule has 0 aliphatic carbocycles. The van der Waals surface area contributed by atoms with Crippen LogP contribution in [0.25, 0.3) is 10.9 Å². The van der Waals surface area contributed by atoms with Crippen molar-refractivity contribution in [2.45, 2.75) is 32.7 Å². The molecule has 24 heavy (non-hydrogen) atoms. The van der Waals surface area contributed by atoms with Gasteiger partial charge in [0, 0.05) is 46.6 Å². The van der Waals surface area contributed by atoms with Crippen LogP contribution in [0, 0.1) is 13.8 Å². The number of aromatic nitrogens is 3. The highest BCUT2D eigenvalue weighted by Crippen LogP contribution is 2.41. The van der Waals surface area contributed by atoms with Gasteiger partial charge in [-0.2, -0.15) is 5.10 Å². The van der Waals surface area contributed by atoms with Crippen molar-refractivity contribution >= 4 is 32.5 Å². The fraction of sp³-hybridized carbons (Fsp3) is 0.368. The third-order valence-corrected chi connectivity index (χ3v) is 5.80. The Morgan fingerprint density at radius 3 is 2.79 bits per heavy atom. The molecule has 4 nitrogen and oxygen atoms in total. The monoisotopic (exact) mass is 384 g/mol. The number of fused-ring (bicyclic) bond motifs is 1. The maximum absolute atomic E-state index is 4.63. The lowest BCUT2D eigenvalue weighted by Gasteiger charge is -2.28. The number of nitrogens with zero attached hydrogens (tertiary/aromatic N) is 4. The number of halogens is 1. The fourth-order valence-electron chi connectivity index (χ4n) is 4.00. The van der Waals surface area contributed by atoms with Crippen LogP contribution in [-0.4, -0.2) is 21.3 Å². The van der Waals surface area contributed by atoms with Gasteiger partial charge in [0.25, 0.3) is 0 Å². The first kappa shape index (κ1) is 15.6. The van der Waals surface area contributed by atoms with Crippen molar-refractivity contribution in [1.29, 1.82) is 0 Å². The van der Waals surface area contributed by atoms with Crippen LogP contribution in [0.5, 0.6) is 0 Å². The summed E-state index contributed by atoms with van der Waals surface area (Å²) >= 11 is 3.63. The quantitative estimate of drug-likeness (QED) is 0.642. The van der Waals surface area contributed by atoms with Crippen molar-refractivity contribution in [2.24, 2.45) is 7.05 Å². The van der Waals surface area contributed by atoms with Crippen molar-refractivity contribution in [2.75, 3.05) is 11.4 Å². The summed E-state index contributed by atoms with van der Waals surface area (Å²) < 4.78 is 3.05. The number of aryl methyl sites for hydroxylation is 2. The Hall–Kier alpha value is -1.88. The Balaban J connectivity index is 1.86. The van der Waals surface area contributed by atoms with Gasteiger partial charge in [-0.3, -0.25) is 9.67 Å². The van der Waals surface area contributed by atoms with E-state index in [9.17, 15) is 0 Å². The largest absolute Gasteiger partial charge is 0.364 e. The molecule has 1 unspecified atom stereocenters. The second-order valence-electron chi connectivity index (χ2n) is 6.53. The van der Waals surface area contributed by atoms with Gasteiger partial charge in [-0.25, -0.2) is 0 Å². The lowest BCUT2D eigenvalue weighted by molar-refractivity contribution is 0.700. The fourth-order valence-corrected chi connectivity index (χ4v) is 4.47. The molecular formula is C19H21BrN4. The molecule has 1 saturated heterocycles. The highest BCUT2D eigenvalue weighted by molar-refractivity contribution is 9.10. The van der Waals surface area contributed by atoms with E-state index in [1.807, 2.05) is 17.9 Å². The Morgan fingerprint density at radius 2 is 2.04 bits per heavy atom. The SMILES string of the molecule is Cc1nn(C)c(C)c1C1CCCN1c1ccnc2c(Br)cccc12. The van der Waals surface area contributed by atoms with Gasteiger partial charge in [-0.1, -0.05) is 12.1 Å². The molecule has 1 atom stereocenters. The van der Waals surface area contributed by atoms with E-state index in [1.54, 1.807) is 0 Å². The molecular weight excluding hydrogens is 364 g/mol. The van der Waals surface area contributed by atoms with Crippen LogP contribution in [0.1, 0.15) is 35.8 Å².